The van der Waals surface area contributed by atoms with E-state index in [0.29, 0.717) is 0 Å². The van der Waals surface area contributed by atoms with Crippen LogP contribution in [0, 0.1) is 6.92 Å². The fourth-order valence-corrected chi connectivity index (χ4v) is 3.82. The molecule has 2 heteroatoms. The van der Waals surface area contributed by atoms with Gasteiger partial charge in [0.2, 0.25) is 5.91 Å². The predicted molar refractivity (Wildman–Crippen MR) is 125 cm³/mol. The highest BCUT2D eigenvalue weighted by molar-refractivity contribution is 6.02. The van der Waals surface area contributed by atoms with Crippen molar-refractivity contribution in [2.24, 2.45) is 0 Å². The number of aryl methyl sites for hydroxylation is 1. The van der Waals surface area contributed by atoms with Crippen molar-refractivity contribution in [3.05, 3.63) is 126 Å². The molecule has 148 valence electrons. The monoisotopic (exact) mass is 391 g/mol. The third kappa shape index (κ3) is 4.04. The molecule has 0 saturated heterocycles. The maximum Gasteiger partial charge on any atom is 0.238 e. The molecule has 1 atom stereocenters. The summed E-state index contributed by atoms with van der Waals surface area (Å²) in [5.74, 6) is -0.311. The van der Waals surface area contributed by atoms with Crippen LogP contribution in [-0.2, 0) is 4.79 Å². The molecule has 1 unspecified atom stereocenters. The number of nitrogens with zero attached hydrogens (tertiary/aromatic N) is 1. The SMILES string of the molecule is Cc1ccc(C(C(=O)N(C)c2ccccc2-c2ccccc2)c2ccccc2)cc1. The Balaban J connectivity index is 1.77. The van der Waals surface area contributed by atoms with Crippen LogP contribution in [0.3, 0.4) is 0 Å². The number of rotatable bonds is 5. The molecular formula is C28H25NO. The van der Waals surface area contributed by atoms with Crippen molar-refractivity contribution in [1.29, 1.82) is 0 Å². The van der Waals surface area contributed by atoms with Gasteiger partial charge < -0.3 is 4.90 Å². The molecule has 0 aliphatic carbocycles. The zero-order valence-corrected chi connectivity index (χ0v) is 17.3. The molecule has 4 aromatic carbocycles. The zero-order valence-electron chi connectivity index (χ0n) is 17.3. The van der Waals surface area contributed by atoms with Gasteiger partial charge in [-0.15, -0.1) is 0 Å². The summed E-state index contributed by atoms with van der Waals surface area (Å²) >= 11 is 0. The summed E-state index contributed by atoms with van der Waals surface area (Å²) in [6, 6.07) is 36.5. The molecule has 0 aliphatic rings. The molecule has 2 nitrogen and oxygen atoms in total. The molecule has 0 radical (unpaired) electrons. The molecule has 0 spiro atoms. The first kappa shape index (κ1) is 19.7. The Kier molecular flexibility index (Phi) is 5.76. The van der Waals surface area contributed by atoms with Gasteiger partial charge in [-0.1, -0.05) is 109 Å². The average molecular weight is 392 g/mol. The van der Waals surface area contributed by atoms with Crippen molar-refractivity contribution in [3.63, 3.8) is 0 Å². The summed E-state index contributed by atoms with van der Waals surface area (Å²) in [7, 11) is 1.87. The highest BCUT2D eigenvalue weighted by Gasteiger charge is 2.27. The van der Waals surface area contributed by atoms with E-state index in [2.05, 4.69) is 49.4 Å². The summed E-state index contributed by atoms with van der Waals surface area (Å²) in [5, 5.41) is 0. The number of carbonyl (C=O) groups excluding carboxylic acids is 1. The van der Waals surface area contributed by atoms with Gasteiger partial charge in [0.05, 0.1) is 11.6 Å². The van der Waals surface area contributed by atoms with Gasteiger partial charge in [0, 0.05) is 12.6 Å². The molecule has 0 heterocycles. The number of likely N-dealkylation sites (N-methyl/N-ethyl adjacent to an activating group) is 1. The largest absolute Gasteiger partial charge is 0.314 e. The Hall–Kier alpha value is -3.65. The molecule has 0 fully saturated rings. The van der Waals surface area contributed by atoms with Crippen LogP contribution < -0.4 is 4.90 Å². The molecule has 4 rings (SSSR count). The minimum absolute atomic E-state index is 0.0495. The summed E-state index contributed by atoms with van der Waals surface area (Å²) in [6.45, 7) is 2.06. The van der Waals surface area contributed by atoms with E-state index in [9.17, 15) is 4.79 Å². The Morgan fingerprint density at radius 3 is 1.87 bits per heavy atom. The molecule has 0 aliphatic heterocycles. The number of amides is 1. The van der Waals surface area contributed by atoms with E-state index in [1.54, 1.807) is 4.90 Å². The number of carbonyl (C=O) groups is 1. The van der Waals surface area contributed by atoms with Gasteiger partial charge in [0.1, 0.15) is 0 Å². The number of anilines is 1. The molecule has 1 amide bonds. The Labute approximate surface area is 178 Å². The number of hydrogen-bond acceptors (Lipinski definition) is 1. The van der Waals surface area contributed by atoms with Crippen molar-refractivity contribution in [2.75, 3.05) is 11.9 Å². The van der Waals surface area contributed by atoms with Crippen LogP contribution in [0.1, 0.15) is 22.6 Å². The lowest BCUT2D eigenvalue weighted by molar-refractivity contribution is -0.118. The van der Waals surface area contributed by atoms with Crippen LogP contribution >= 0.6 is 0 Å². The highest BCUT2D eigenvalue weighted by Crippen LogP contribution is 2.34. The van der Waals surface area contributed by atoms with Crippen molar-refractivity contribution in [2.45, 2.75) is 12.8 Å². The van der Waals surface area contributed by atoms with Crippen molar-refractivity contribution in [1.82, 2.24) is 0 Å². The van der Waals surface area contributed by atoms with E-state index < -0.39 is 0 Å². The third-order valence-electron chi connectivity index (χ3n) is 5.47. The Morgan fingerprint density at radius 2 is 1.20 bits per heavy atom. The summed E-state index contributed by atoms with van der Waals surface area (Å²) in [5.41, 5.74) is 6.22. The normalized spacial score (nSPS) is 11.7. The molecular weight excluding hydrogens is 366 g/mol. The van der Waals surface area contributed by atoms with Crippen LogP contribution in [0.15, 0.2) is 109 Å². The maximum absolute atomic E-state index is 13.8. The fourth-order valence-electron chi connectivity index (χ4n) is 3.82. The topological polar surface area (TPSA) is 20.3 Å². The number of hydrogen-bond donors (Lipinski definition) is 0. The minimum Gasteiger partial charge on any atom is -0.314 e. The molecule has 0 bridgehead atoms. The first-order chi connectivity index (χ1) is 14.6. The molecule has 30 heavy (non-hydrogen) atoms. The Bertz CT molecular complexity index is 1120. The van der Waals surface area contributed by atoms with Crippen molar-refractivity contribution < 1.29 is 4.79 Å². The molecule has 4 aromatic rings. The zero-order chi connectivity index (χ0) is 20.9. The Morgan fingerprint density at radius 1 is 0.667 bits per heavy atom. The predicted octanol–water partition coefficient (Wildman–Crippen LogP) is 6.46. The van der Waals surface area contributed by atoms with Gasteiger partial charge in [0.15, 0.2) is 0 Å². The summed E-state index contributed by atoms with van der Waals surface area (Å²) in [4.78, 5) is 15.6. The van der Waals surface area contributed by atoms with Crippen LogP contribution in [0.4, 0.5) is 5.69 Å². The second-order valence-corrected chi connectivity index (χ2v) is 7.53. The lowest BCUT2D eigenvalue weighted by Crippen LogP contribution is -2.32. The van der Waals surface area contributed by atoms with Gasteiger partial charge in [-0.2, -0.15) is 0 Å². The van der Waals surface area contributed by atoms with E-state index in [-0.39, 0.29) is 11.8 Å². The highest BCUT2D eigenvalue weighted by atomic mass is 16.2. The van der Waals surface area contributed by atoms with Gasteiger partial charge in [-0.05, 0) is 29.7 Å². The van der Waals surface area contributed by atoms with Gasteiger partial charge in [-0.25, -0.2) is 0 Å². The van der Waals surface area contributed by atoms with Crippen LogP contribution in [0.25, 0.3) is 11.1 Å². The first-order valence-corrected chi connectivity index (χ1v) is 10.2. The van der Waals surface area contributed by atoms with E-state index in [1.165, 1.54) is 5.56 Å². The van der Waals surface area contributed by atoms with E-state index in [1.807, 2.05) is 73.8 Å². The van der Waals surface area contributed by atoms with E-state index in [0.717, 1.165) is 27.9 Å². The maximum atomic E-state index is 13.8. The van der Waals surface area contributed by atoms with Gasteiger partial charge >= 0.3 is 0 Å². The minimum atomic E-state index is -0.361. The smallest absolute Gasteiger partial charge is 0.238 e. The molecule has 0 aromatic heterocycles. The fraction of sp³-hybridized carbons (Fsp3) is 0.107. The van der Waals surface area contributed by atoms with Crippen LogP contribution in [-0.4, -0.2) is 13.0 Å². The van der Waals surface area contributed by atoms with E-state index >= 15 is 0 Å². The summed E-state index contributed by atoms with van der Waals surface area (Å²) in [6.07, 6.45) is 0. The van der Waals surface area contributed by atoms with Gasteiger partial charge in [0.25, 0.3) is 0 Å². The molecule has 0 N–H and O–H groups in total. The van der Waals surface area contributed by atoms with Crippen molar-refractivity contribution >= 4 is 11.6 Å². The quantitative estimate of drug-likeness (QED) is 0.382. The second kappa shape index (κ2) is 8.79. The van der Waals surface area contributed by atoms with Crippen LogP contribution in [0.5, 0.6) is 0 Å². The van der Waals surface area contributed by atoms with Gasteiger partial charge in [-0.3, -0.25) is 4.79 Å². The average Bonchev–Trinajstić information content (AvgIpc) is 2.81. The number of benzene rings is 4. The number of para-hydroxylation sites is 1. The van der Waals surface area contributed by atoms with Crippen LogP contribution in [0.2, 0.25) is 0 Å². The third-order valence-corrected chi connectivity index (χ3v) is 5.47. The lowest BCUT2D eigenvalue weighted by Gasteiger charge is -2.26. The van der Waals surface area contributed by atoms with Crippen molar-refractivity contribution in [3.8, 4) is 11.1 Å². The van der Waals surface area contributed by atoms with E-state index in [4.69, 9.17) is 0 Å². The summed E-state index contributed by atoms with van der Waals surface area (Å²) < 4.78 is 0. The first-order valence-electron chi connectivity index (χ1n) is 10.2. The molecule has 0 saturated carbocycles. The second-order valence-electron chi connectivity index (χ2n) is 7.53. The lowest BCUT2D eigenvalue weighted by atomic mass is 9.89. The standard InChI is InChI=1S/C28H25NO/c1-21-17-19-24(20-18-21)27(23-13-7-4-8-14-23)28(30)29(2)26-16-10-9-15-25(26)22-11-5-3-6-12-22/h3-20,27H,1-2H3.